The van der Waals surface area contributed by atoms with Gasteiger partial charge in [0.1, 0.15) is 23.0 Å². The number of aryl methyl sites for hydroxylation is 1. The van der Waals surface area contributed by atoms with Crippen LogP contribution >= 0.6 is 11.6 Å². The third-order valence-corrected chi connectivity index (χ3v) is 5.28. The van der Waals surface area contributed by atoms with Gasteiger partial charge in [-0.1, -0.05) is 37.4 Å². The van der Waals surface area contributed by atoms with E-state index in [1.165, 1.54) is 30.7 Å². The van der Waals surface area contributed by atoms with E-state index in [2.05, 4.69) is 22.7 Å². The van der Waals surface area contributed by atoms with Crippen LogP contribution in [0.5, 0.6) is 0 Å². The van der Waals surface area contributed by atoms with E-state index in [1.54, 1.807) is 6.07 Å². The standard InChI is InChI=1S/C20H21ClFN3/c1-2-15-8-5-9-18-24-19(16-11-10-13(22)12-17(16)21)20(25(15)18)23-14-6-3-4-7-14/h5,8-12,14,23H,2-4,6-7H2,1H3. The molecule has 2 aromatic heterocycles. The zero-order valence-corrected chi connectivity index (χ0v) is 15.0. The Labute approximate surface area is 151 Å². The average Bonchev–Trinajstić information content (AvgIpc) is 3.23. The number of rotatable bonds is 4. The highest BCUT2D eigenvalue weighted by molar-refractivity contribution is 6.33. The van der Waals surface area contributed by atoms with Crippen LogP contribution in [0.1, 0.15) is 38.3 Å². The van der Waals surface area contributed by atoms with E-state index >= 15 is 0 Å². The molecule has 1 N–H and O–H groups in total. The molecule has 1 fully saturated rings. The largest absolute Gasteiger partial charge is 0.367 e. The Balaban J connectivity index is 1.92. The minimum atomic E-state index is -0.336. The lowest BCUT2D eigenvalue weighted by Gasteiger charge is -2.16. The molecule has 2 heterocycles. The molecular weight excluding hydrogens is 337 g/mol. The van der Waals surface area contributed by atoms with Gasteiger partial charge in [0.15, 0.2) is 0 Å². The van der Waals surface area contributed by atoms with E-state index in [0.29, 0.717) is 11.1 Å². The first-order valence-electron chi connectivity index (χ1n) is 8.89. The topological polar surface area (TPSA) is 29.3 Å². The highest BCUT2D eigenvalue weighted by Crippen LogP contribution is 2.36. The number of nitrogens with one attached hydrogen (secondary N) is 1. The van der Waals surface area contributed by atoms with Crippen LogP contribution in [-0.2, 0) is 6.42 Å². The van der Waals surface area contributed by atoms with Gasteiger partial charge in [0.05, 0.1) is 5.02 Å². The fraction of sp³-hybridized carbons (Fsp3) is 0.350. The molecule has 0 spiro atoms. The van der Waals surface area contributed by atoms with Crippen LogP contribution in [-0.4, -0.2) is 15.4 Å². The van der Waals surface area contributed by atoms with Crippen molar-refractivity contribution in [3.63, 3.8) is 0 Å². The summed E-state index contributed by atoms with van der Waals surface area (Å²) in [4.78, 5) is 4.82. The maximum Gasteiger partial charge on any atom is 0.139 e. The molecule has 0 amide bonds. The number of hydrogen-bond donors (Lipinski definition) is 1. The van der Waals surface area contributed by atoms with Crippen molar-refractivity contribution < 1.29 is 4.39 Å². The molecule has 3 aromatic rings. The van der Waals surface area contributed by atoms with E-state index in [0.717, 1.165) is 42.0 Å². The van der Waals surface area contributed by atoms with Gasteiger partial charge < -0.3 is 5.32 Å². The SMILES string of the molecule is CCc1cccc2nc(-c3ccc(F)cc3Cl)c(NC3CCCC3)n12. The number of fused-ring (bicyclic) bond motifs is 1. The molecule has 1 saturated carbocycles. The van der Waals surface area contributed by atoms with Gasteiger partial charge in [0.2, 0.25) is 0 Å². The number of benzene rings is 1. The Bertz CT molecular complexity index is 913. The lowest BCUT2D eigenvalue weighted by molar-refractivity contribution is 0.628. The Hall–Kier alpha value is -2.07. The van der Waals surface area contributed by atoms with Crippen molar-refractivity contribution in [1.82, 2.24) is 9.38 Å². The smallest absolute Gasteiger partial charge is 0.139 e. The minimum absolute atomic E-state index is 0.336. The van der Waals surface area contributed by atoms with Crippen LogP contribution in [0.15, 0.2) is 36.4 Å². The van der Waals surface area contributed by atoms with Gasteiger partial charge in [0, 0.05) is 17.3 Å². The van der Waals surface area contributed by atoms with Crippen LogP contribution in [0, 0.1) is 5.82 Å². The second-order valence-corrected chi connectivity index (χ2v) is 7.03. The number of nitrogens with zero attached hydrogens (tertiary/aromatic N) is 2. The molecule has 0 unspecified atom stereocenters. The molecule has 5 heteroatoms. The maximum atomic E-state index is 13.5. The van der Waals surface area contributed by atoms with Gasteiger partial charge in [-0.05, 0) is 49.6 Å². The molecular formula is C20H21ClFN3. The number of halogens is 2. The monoisotopic (exact) mass is 357 g/mol. The van der Waals surface area contributed by atoms with Crippen molar-refractivity contribution in [2.45, 2.75) is 45.1 Å². The first-order chi connectivity index (χ1) is 12.2. The summed E-state index contributed by atoms with van der Waals surface area (Å²) in [7, 11) is 0. The number of anilines is 1. The second-order valence-electron chi connectivity index (χ2n) is 6.62. The van der Waals surface area contributed by atoms with Crippen molar-refractivity contribution >= 4 is 23.1 Å². The molecule has 3 nitrogen and oxygen atoms in total. The van der Waals surface area contributed by atoms with Crippen LogP contribution in [0.3, 0.4) is 0 Å². The molecule has 130 valence electrons. The summed E-state index contributed by atoms with van der Waals surface area (Å²) in [5.74, 6) is 0.630. The molecule has 1 aliphatic rings. The highest BCUT2D eigenvalue weighted by atomic mass is 35.5. The van der Waals surface area contributed by atoms with Gasteiger partial charge in [-0.2, -0.15) is 0 Å². The summed E-state index contributed by atoms with van der Waals surface area (Å²) < 4.78 is 15.7. The van der Waals surface area contributed by atoms with Crippen LogP contribution in [0.25, 0.3) is 16.9 Å². The van der Waals surface area contributed by atoms with Crippen LogP contribution < -0.4 is 5.32 Å². The molecule has 25 heavy (non-hydrogen) atoms. The van der Waals surface area contributed by atoms with E-state index in [4.69, 9.17) is 16.6 Å². The predicted octanol–water partition coefficient (Wildman–Crippen LogP) is 5.71. The van der Waals surface area contributed by atoms with Gasteiger partial charge in [-0.15, -0.1) is 0 Å². The molecule has 0 atom stereocenters. The van der Waals surface area contributed by atoms with E-state index in [-0.39, 0.29) is 5.82 Å². The molecule has 0 radical (unpaired) electrons. The normalized spacial score (nSPS) is 15.2. The molecule has 0 aliphatic heterocycles. The third-order valence-electron chi connectivity index (χ3n) is 4.97. The summed E-state index contributed by atoms with van der Waals surface area (Å²) in [6.45, 7) is 2.14. The van der Waals surface area contributed by atoms with Crippen LogP contribution in [0.4, 0.5) is 10.2 Å². The fourth-order valence-electron chi connectivity index (χ4n) is 3.70. The molecule has 1 aromatic carbocycles. The van der Waals surface area contributed by atoms with E-state index in [1.807, 2.05) is 12.1 Å². The molecule has 0 bridgehead atoms. The minimum Gasteiger partial charge on any atom is -0.367 e. The zero-order chi connectivity index (χ0) is 17.4. The average molecular weight is 358 g/mol. The first kappa shape index (κ1) is 16.4. The number of hydrogen-bond acceptors (Lipinski definition) is 2. The fourth-order valence-corrected chi connectivity index (χ4v) is 3.96. The van der Waals surface area contributed by atoms with E-state index < -0.39 is 0 Å². The van der Waals surface area contributed by atoms with Gasteiger partial charge >= 0.3 is 0 Å². The van der Waals surface area contributed by atoms with Gasteiger partial charge in [-0.3, -0.25) is 4.40 Å². The molecule has 1 aliphatic carbocycles. The van der Waals surface area contributed by atoms with Crippen molar-refractivity contribution in [3.05, 3.63) is 52.9 Å². The Kier molecular flexibility index (Phi) is 4.38. The second kappa shape index (κ2) is 6.68. The number of aromatic nitrogens is 2. The van der Waals surface area contributed by atoms with Gasteiger partial charge in [-0.25, -0.2) is 9.37 Å². The zero-order valence-electron chi connectivity index (χ0n) is 14.2. The number of imidazole rings is 1. The number of pyridine rings is 1. The maximum absolute atomic E-state index is 13.5. The summed E-state index contributed by atoms with van der Waals surface area (Å²) in [6, 6.07) is 11.1. The lowest BCUT2D eigenvalue weighted by Crippen LogP contribution is -2.17. The Morgan fingerprint density at radius 3 is 2.76 bits per heavy atom. The Morgan fingerprint density at radius 2 is 2.04 bits per heavy atom. The highest BCUT2D eigenvalue weighted by Gasteiger charge is 2.22. The van der Waals surface area contributed by atoms with Crippen molar-refractivity contribution in [2.75, 3.05) is 5.32 Å². The summed E-state index contributed by atoms with van der Waals surface area (Å²) in [5.41, 5.74) is 3.62. The summed E-state index contributed by atoms with van der Waals surface area (Å²) in [6.07, 6.45) is 5.74. The molecule has 0 saturated heterocycles. The van der Waals surface area contributed by atoms with Crippen molar-refractivity contribution in [1.29, 1.82) is 0 Å². The van der Waals surface area contributed by atoms with Crippen molar-refractivity contribution in [3.8, 4) is 11.3 Å². The lowest BCUT2D eigenvalue weighted by atomic mass is 10.1. The van der Waals surface area contributed by atoms with Gasteiger partial charge in [0.25, 0.3) is 0 Å². The quantitative estimate of drug-likeness (QED) is 0.648. The Morgan fingerprint density at radius 1 is 1.24 bits per heavy atom. The third kappa shape index (κ3) is 2.99. The predicted molar refractivity (Wildman–Crippen MR) is 101 cm³/mol. The summed E-state index contributed by atoms with van der Waals surface area (Å²) in [5, 5.41) is 4.08. The van der Waals surface area contributed by atoms with Crippen LogP contribution in [0.2, 0.25) is 5.02 Å². The summed E-state index contributed by atoms with van der Waals surface area (Å²) >= 11 is 6.34. The first-order valence-corrected chi connectivity index (χ1v) is 9.27. The molecule has 4 rings (SSSR count). The van der Waals surface area contributed by atoms with E-state index in [9.17, 15) is 4.39 Å². The van der Waals surface area contributed by atoms with Crippen molar-refractivity contribution in [2.24, 2.45) is 0 Å².